The molecule has 1 atom stereocenters. The van der Waals surface area contributed by atoms with Crippen LogP contribution in [-0.4, -0.2) is 37.4 Å². The fourth-order valence-corrected chi connectivity index (χ4v) is 1.74. The van der Waals surface area contributed by atoms with Gasteiger partial charge in [0, 0.05) is 20.1 Å². The van der Waals surface area contributed by atoms with Gasteiger partial charge in [-0.05, 0) is 18.4 Å². The molecule has 0 unspecified atom stereocenters. The average Bonchev–Trinajstić information content (AvgIpc) is 2.39. The SMILES string of the molecule is COCCCC(=O)N[C@@H](CO)Cc1ccccc1. The number of aliphatic hydroxyl groups is 1. The van der Waals surface area contributed by atoms with Crippen LogP contribution in [0.3, 0.4) is 0 Å². The Kier molecular flexibility index (Phi) is 7.06. The van der Waals surface area contributed by atoms with Gasteiger partial charge in [0.25, 0.3) is 0 Å². The van der Waals surface area contributed by atoms with Gasteiger partial charge in [-0.1, -0.05) is 30.3 Å². The van der Waals surface area contributed by atoms with E-state index in [1.54, 1.807) is 7.11 Å². The second kappa shape index (κ2) is 8.66. The van der Waals surface area contributed by atoms with Crippen molar-refractivity contribution in [3.05, 3.63) is 35.9 Å². The fraction of sp³-hybridized carbons (Fsp3) is 0.500. The maximum Gasteiger partial charge on any atom is 0.220 e. The first kappa shape index (κ1) is 14.7. The topological polar surface area (TPSA) is 58.6 Å². The molecule has 1 aromatic rings. The molecule has 0 saturated heterocycles. The maximum atomic E-state index is 11.6. The van der Waals surface area contributed by atoms with Gasteiger partial charge in [-0.3, -0.25) is 4.79 Å². The molecule has 4 nitrogen and oxygen atoms in total. The van der Waals surface area contributed by atoms with Crippen molar-refractivity contribution in [3.8, 4) is 0 Å². The lowest BCUT2D eigenvalue weighted by Crippen LogP contribution is -2.39. The van der Waals surface area contributed by atoms with Crippen molar-refractivity contribution in [2.75, 3.05) is 20.3 Å². The molecule has 100 valence electrons. The predicted octanol–water partition coefficient (Wildman–Crippen LogP) is 1.13. The molecule has 0 fully saturated rings. The third-order valence-corrected chi connectivity index (χ3v) is 2.66. The number of hydrogen-bond acceptors (Lipinski definition) is 3. The zero-order chi connectivity index (χ0) is 13.2. The number of methoxy groups -OCH3 is 1. The molecule has 0 aliphatic rings. The van der Waals surface area contributed by atoms with Crippen LogP contribution in [0.2, 0.25) is 0 Å². The Bertz CT molecular complexity index is 340. The van der Waals surface area contributed by atoms with Crippen molar-refractivity contribution in [2.45, 2.75) is 25.3 Å². The third-order valence-electron chi connectivity index (χ3n) is 2.66. The highest BCUT2D eigenvalue weighted by molar-refractivity contribution is 5.76. The molecule has 0 aromatic heterocycles. The van der Waals surface area contributed by atoms with Gasteiger partial charge in [-0.2, -0.15) is 0 Å². The lowest BCUT2D eigenvalue weighted by Gasteiger charge is -2.16. The molecular formula is C14H21NO3. The van der Waals surface area contributed by atoms with Crippen molar-refractivity contribution in [3.63, 3.8) is 0 Å². The van der Waals surface area contributed by atoms with E-state index in [-0.39, 0.29) is 18.6 Å². The molecule has 0 aliphatic heterocycles. The molecule has 1 rings (SSSR count). The number of rotatable bonds is 8. The normalized spacial score (nSPS) is 12.1. The number of carbonyl (C=O) groups excluding carboxylic acids is 1. The minimum atomic E-state index is -0.220. The second-order valence-electron chi connectivity index (χ2n) is 4.23. The van der Waals surface area contributed by atoms with E-state index in [9.17, 15) is 9.90 Å². The molecule has 0 heterocycles. The van der Waals surface area contributed by atoms with E-state index < -0.39 is 0 Å². The third kappa shape index (κ3) is 5.80. The van der Waals surface area contributed by atoms with Gasteiger partial charge in [0.05, 0.1) is 12.6 Å². The zero-order valence-corrected chi connectivity index (χ0v) is 10.8. The molecule has 0 spiro atoms. The largest absolute Gasteiger partial charge is 0.394 e. The van der Waals surface area contributed by atoms with Crippen LogP contribution in [0.4, 0.5) is 0 Å². The first-order chi connectivity index (χ1) is 8.76. The highest BCUT2D eigenvalue weighted by atomic mass is 16.5. The van der Waals surface area contributed by atoms with Crippen molar-refractivity contribution >= 4 is 5.91 Å². The van der Waals surface area contributed by atoms with Gasteiger partial charge >= 0.3 is 0 Å². The number of hydrogen-bond donors (Lipinski definition) is 2. The number of ether oxygens (including phenoxy) is 1. The van der Waals surface area contributed by atoms with Gasteiger partial charge < -0.3 is 15.2 Å². The lowest BCUT2D eigenvalue weighted by molar-refractivity contribution is -0.122. The van der Waals surface area contributed by atoms with Gasteiger partial charge in [0.1, 0.15) is 0 Å². The highest BCUT2D eigenvalue weighted by Crippen LogP contribution is 2.03. The van der Waals surface area contributed by atoms with Crippen LogP contribution in [0, 0.1) is 0 Å². The minimum Gasteiger partial charge on any atom is -0.394 e. The molecule has 4 heteroatoms. The Morgan fingerprint density at radius 2 is 2.11 bits per heavy atom. The summed E-state index contributed by atoms with van der Waals surface area (Å²) in [5.41, 5.74) is 1.11. The summed E-state index contributed by atoms with van der Waals surface area (Å²) in [5.74, 6) is -0.0398. The number of benzene rings is 1. The molecular weight excluding hydrogens is 230 g/mol. The fourth-order valence-electron chi connectivity index (χ4n) is 1.74. The van der Waals surface area contributed by atoms with E-state index in [0.29, 0.717) is 25.9 Å². The van der Waals surface area contributed by atoms with Crippen molar-refractivity contribution in [2.24, 2.45) is 0 Å². The lowest BCUT2D eigenvalue weighted by atomic mass is 10.1. The predicted molar refractivity (Wildman–Crippen MR) is 70.3 cm³/mol. The highest BCUT2D eigenvalue weighted by Gasteiger charge is 2.11. The maximum absolute atomic E-state index is 11.6. The molecule has 0 radical (unpaired) electrons. The zero-order valence-electron chi connectivity index (χ0n) is 10.8. The Labute approximate surface area is 108 Å². The van der Waals surface area contributed by atoms with Gasteiger partial charge in [-0.15, -0.1) is 0 Å². The summed E-state index contributed by atoms with van der Waals surface area (Å²) in [6, 6.07) is 9.59. The summed E-state index contributed by atoms with van der Waals surface area (Å²) in [4.78, 5) is 11.6. The summed E-state index contributed by atoms with van der Waals surface area (Å²) < 4.78 is 4.89. The van der Waals surface area contributed by atoms with Crippen LogP contribution < -0.4 is 5.32 Å². The molecule has 1 amide bonds. The van der Waals surface area contributed by atoms with Crippen LogP contribution >= 0.6 is 0 Å². The van der Waals surface area contributed by atoms with Gasteiger partial charge in [0.15, 0.2) is 0 Å². The number of nitrogens with one attached hydrogen (secondary N) is 1. The average molecular weight is 251 g/mol. The van der Waals surface area contributed by atoms with Crippen LogP contribution in [-0.2, 0) is 16.0 Å². The molecule has 0 saturated carbocycles. The minimum absolute atomic E-state index is 0.0398. The summed E-state index contributed by atoms with van der Waals surface area (Å²) in [6.45, 7) is 0.529. The second-order valence-corrected chi connectivity index (χ2v) is 4.23. The summed E-state index contributed by atoms with van der Waals surface area (Å²) >= 11 is 0. The Balaban J connectivity index is 2.35. The van der Waals surface area contributed by atoms with Crippen LogP contribution in [0.1, 0.15) is 18.4 Å². The van der Waals surface area contributed by atoms with E-state index in [1.807, 2.05) is 30.3 Å². The Hall–Kier alpha value is -1.39. The smallest absolute Gasteiger partial charge is 0.220 e. The first-order valence-electron chi connectivity index (χ1n) is 6.19. The van der Waals surface area contributed by atoms with E-state index in [0.717, 1.165) is 5.56 Å². The standard InChI is InChI=1S/C14H21NO3/c1-18-9-5-8-14(17)15-13(11-16)10-12-6-3-2-4-7-12/h2-4,6-7,13,16H,5,8-11H2,1H3,(H,15,17)/t13-/m1/s1. The summed E-state index contributed by atoms with van der Waals surface area (Å²) in [5, 5.41) is 12.1. The quantitative estimate of drug-likeness (QED) is 0.681. The van der Waals surface area contributed by atoms with E-state index in [2.05, 4.69) is 5.32 Å². The number of amides is 1. The Morgan fingerprint density at radius 1 is 1.39 bits per heavy atom. The molecule has 18 heavy (non-hydrogen) atoms. The van der Waals surface area contributed by atoms with Crippen LogP contribution in [0.25, 0.3) is 0 Å². The summed E-state index contributed by atoms with van der Waals surface area (Å²) in [7, 11) is 1.61. The Morgan fingerprint density at radius 3 is 2.72 bits per heavy atom. The van der Waals surface area contributed by atoms with E-state index in [4.69, 9.17) is 4.74 Å². The molecule has 0 aliphatic carbocycles. The van der Waals surface area contributed by atoms with Crippen molar-refractivity contribution in [1.82, 2.24) is 5.32 Å². The molecule has 2 N–H and O–H groups in total. The summed E-state index contributed by atoms with van der Waals surface area (Å²) in [6.07, 6.45) is 1.78. The molecule has 0 bridgehead atoms. The van der Waals surface area contributed by atoms with Gasteiger partial charge in [0.2, 0.25) is 5.91 Å². The van der Waals surface area contributed by atoms with Crippen molar-refractivity contribution < 1.29 is 14.6 Å². The number of aliphatic hydroxyl groups excluding tert-OH is 1. The van der Waals surface area contributed by atoms with Crippen LogP contribution in [0.15, 0.2) is 30.3 Å². The first-order valence-corrected chi connectivity index (χ1v) is 6.19. The van der Waals surface area contributed by atoms with E-state index in [1.165, 1.54) is 0 Å². The number of carbonyl (C=O) groups is 1. The molecule has 1 aromatic carbocycles. The van der Waals surface area contributed by atoms with E-state index >= 15 is 0 Å². The van der Waals surface area contributed by atoms with Gasteiger partial charge in [-0.25, -0.2) is 0 Å². The van der Waals surface area contributed by atoms with Crippen molar-refractivity contribution in [1.29, 1.82) is 0 Å². The monoisotopic (exact) mass is 251 g/mol. The van der Waals surface area contributed by atoms with Crippen LogP contribution in [0.5, 0.6) is 0 Å².